The Morgan fingerprint density at radius 1 is 1.25 bits per heavy atom. The van der Waals surface area contributed by atoms with E-state index in [0.29, 0.717) is 22.4 Å². The van der Waals surface area contributed by atoms with E-state index < -0.39 is 17.5 Å². The van der Waals surface area contributed by atoms with Gasteiger partial charge in [0.1, 0.15) is 16.5 Å². The molecule has 1 atom stereocenters. The lowest BCUT2D eigenvalue weighted by Crippen LogP contribution is -2.46. The van der Waals surface area contributed by atoms with Gasteiger partial charge in [-0.2, -0.15) is 0 Å². The van der Waals surface area contributed by atoms with Gasteiger partial charge < -0.3 is 15.1 Å². The summed E-state index contributed by atoms with van der Waals surface area (Å²) in [5.41, 5.74) is -0.373. The van der Waals surface area contributed by atoms with Gasteiger partial charge in [-0.15, -0.1) is 0 Å². The highest BCUT2D eigenvalue weighted by Crippen LogP contribution is 2.33. The number of anilines is 1. The summed E-state index contributed by atoms with van der Waals surface area (Å²) in [6.45, 7) is 2.96. The first-order valence-electron chi connectivity index (χ1n) is 7.27. The average molecular weight is 348 g/mol. The minimum Gasteiger partial charge on any atom is -0.477 e. The first-order chi connectivity index (χ1) is 11.4. The van der Waals surface area contributed by atoms with E-state index in [-0.39, 0.29) is 5.15 Å². The van der Waals surface area contributed by atoms with E-state index in [0.717, 1.165) is 24.9 Å². The van der Waals surface area contributed by atoms with Crippen LogP contribution in [0.15, 0.2) is 24.0 Å². The molecule has 124 valence electrons. The molecule has 0 radical (unpaired) electrons. The Labute approximate surface area is 142 Å². The summed E-state index contributed by atoms with van der Waals surface area (Å²) < 4.78 is 0. The van der Waals surface area contributed by atoms with Crippen molar-refractivity contribution in [3.8, 4) is 0 Å². The molecule has 3 heterocycles. The number of pyridine rings is 2. The Bertz CT molecular complexity index is 865. The number of halogens is 1. The van der Waals surface area contributed by atoms with Crippen LogP contribution in [0, 0.1) is 0 Å². The molecule has 0 amide bonds. The van der Waals surface area contributed by atoms with Gasteiger partial charge in [0.2, 0.25) is 0 Å². The van der Waals surface area contributed by atoms with E-state index in [1.807, 2.05) is 0 Å². The quantitative estimate of drug-likeness (QED) is 0.379. The second kappa shape index (κ2) is 6.09. The molecule has 0 spiro atoms. The molecule has 3 rings (SSSR count). The summed E-state index contributed by atoms with van der Waals surface area (Å²) in [4.78, 5) is 32.8. The maximum Gasteiger partial charge on any atom is 0.343 e. The predicted molar refractivity (Wildman–Crippen MR) is 89.2 cm³/mol. The van der Waals surface area contributed by atoms with Crippen molar-refractivity contribution in [2.45, 2.75) is 19.4 Å². The maximum atomic E-state index is 11.1. The summed E-state index contributed by atoms with van der Waals surface area (Å²) in [6, 6.07) is 1.94. The lowest BCUT2D eigenvalue weighted by atomic mass is 10.0. The van der Waals surface area contributed by atoms with Crippen LogP contribution in [0.4, 0.5) is 5.82 Å². The lowest BCUT2D eigenvalue weighted by Gasteiger charge is -2.40. The Balaban J connectivity index is 2.21. The van der Waals surface area contributed by atoms with Crippen LogP contribution in [0.25, 0.3) is 16.8 Å². The van der Waals surface area contributed by atoms with Crippen molar-refractivity contribution in [3.63, 3.8) is 0 Å². The smallest absolute Gasteiger partial charge is 0.343 e. The second-order valence-electron chi connectivity index (χ2n) is 5.59. The van der Waals surface area contributed by atoms with Crippen LogP contribution in [0.2, 0.25) is 5.15 Å². The first kappa shape index (κ1) is 16.2. The van der Waals surface area contributed by atoms with Crippen LogP contribution < -0.4 is 4.90 Å². The normalized spacial score (nSPS) is 16.6. The highest BCUT2D eigenvalue weighted by molar-refractivity contribution is 6.30. The molecule has 2 N–H and O–H groups in total. The summed E-state index contributed by atoms with van der Waals surface area (Å²) >= 11 is 5.96. The van der Waals surface area contributed by atoms with Gasteiger partial charge in [0.15, 0.2) is 0 Å². The predicted octanol–water partition coefficient (Wildman–Crippen LogP) is 2.43. The molecule has 1 fully saturated rings. The Hall–Kier alpha value is -2.67. The lowest BCUT2D eigenvalue weighted by molar-refractivity contribution is -0.139. The number of rotatable bonds is 4. The van der Waals surface area contributed by atoms with Crippen molar-refractivity contribution in [1.29, 1.82) is 0 Å². The number of nitrogens with zero attached hydrogens (tertiary/aromatic N) is 3. The molecule has 1 aliphatic heterocycles. The topological polar surface area (TPSA) is 104 Å². The largest absolute Gasteiger partial charge is 0.477 e. The highest BCUT2D eigenvalue weighted by atomic mass is 35.5. The fourth-order valence-electron chi connectivity index (χ4n) is 2.66. The van der Waals surface area contributed by atoms with Crippen LogP contribution in [0.3, 0.4) is 0 Å². The number of hydrogen-bond donors (Lipinski definition) is 2. The van der Waals surface area contributed by atoms with E-state index in [1.54, 1.807) is 12.3 Å². The van der Waals surface area contributed by atoms with Gasteiger partial charge in [-0.25, -0.2) is 19.6 Å². The Kier molecular flexibility index (Phi) is 4.11. The van der Waals surface area contributed by atoms with Crippen LogP contribution >= 0.6 is 11.6 Å². The van der Waals surface area contributed by atoms with Crippen molar-refractivity contribution < 1.29 is 19.8 Å². The summed E-state index contributed by atoms with van der Waals surface area (Å²) in [5, 5.41) is 19.6. The molecule has 0 bridgehead atoms. The van der Waals surface area contributed by atoms with E-state index >= 15 is 0 Å². The maximum absolute atomic E-state index is 11.1. The number of carboxylic acids is 2. The molecule has 24 heavy (non-hydrogen) atoms. The van der Waals surface area contributed by atoms with E-state index in [1.165, 1.54) is 6.20 Å². The highest BCUT2D eigenvalue weighted by Gasteiger charge is 2.27. The molecule has 7 nitrogen and oxygen atoms in total. The molecule has 1 aliphatic rings. The minimum absolute atomic E-state index is 0.234. The van der Waals surface area contributed by atoms with Gasteiger partial charge in [-0.05, 0) is 30.9 Å². The Morgan fingerprint density at radius 3 is 2.50 bits per heavy atom. The zero-order valence-electron chi connectivity index (χ0n) is 12.7. The third-order valence-electron chi connectivity index (χ3n) is 4.10. The molecular weight excluding hydrogens is 334 g/mol. The SMILES string of the molecule is CC1CCN1c1ncc(C=C(C(=O)O)C(=O)O)c2cc(Cl)ncc12. The van der Waals surface area contributed by atoms with Gasteiger partial charge in [-0.1, -0.05) is 11.6 Å². The van der Waals surface area contributed by atoms with Crippen LogP contribution in [-0.2, 0) is 9.59 Å². The fraction of sp³-hybridized carbons (Fsp3) is 0.250. The van der Waals surface area contributed by atoms with Crippen molar-refractivity contribution in [2.75, 3.05) is 11.4 Å². The number of aromatic nitrogens is 2. The summed E-state index contributed by atoms with van der Waals surface area (Å²) in [7, 11) is 0. The zero-order chi connectivity index (χ0) is 17.4. The van der Waals surface area contributed by atoms with Crippen LogP contribution in [0.1, 0.15) is 18.9 Å². The molecule has 1 saturated heterocycles. The number of aliphatic carboxylic acids is 2. The second-order valence-corrected chi connectivity index (χ2v) is 5.98. The molecule has 0 aromatic carbocycles. The average Bonchev–Trinajstić information content (AvgIpc) is 2.51. The summed E-state index contributed by atoms with van der Waals surface area (Å²) in [6.07, 6.45) is 5.18. The van der Waals surface area contributed by atoms with Crippen molar-refractivity contribution in [2.24, 2.45) is 0 Å². The Morgan fingerprint density at radius 2 is 1.96 bits per heavy atom. The van der Waals surface area contributed by atoms with Crippen molar-refractivity contribution in [3.05, 3.63) is 34.7 Å². The van der Waals surface area contributed by atoms with Gasteiger partial charge in [0.25, 0.3) is 0 Å². The number of carboxylic acid groups (broad SMARTS) is 2. The van der Waals surface area contributed by atoms with Crippen molar-refractivity contribution in [1.82, 2.24) is 9.97 Å². The van der Waals surface area contributed by atoms with Gasteiger partial charge in [0.05, 0.1) is 0 Å². The summed E-state index contributed by atoms with van der Waals surface area (Å²) in [5.74, 6) is -2.30. The van der Waals surface area contributed by atoms with Crippen LogP contribution in [0.5, 0.6) is 0 Å². The van der Waals surface area contributed by atoms with Crippen LogP contribution in [-0.4, -0.2) is 44.7 Å². The van der Waals surface area contributed by atoms with Crippen molar-refractivity contribution >= 4 is 46.2 Å². The zero-order valence-corrected chi connectivity index (χ0v) is 13.5. The molecule has 0 saturated carbocycles. The molecule has 1 unspecified atom stereocenters. The molecular formula is C16H14ClN3O4. The van der Waals surface area contributed by atoms with E-state index in [4.69, 9.17) is 21.8 Å². The number of carbonyl (C=O) groups is 2. The number of fused-ring (bicyclic) bond motifs is 1. The fourth-order valence-corrected chi connectivity index (χ4v) is 2.82. The molecule has 0 aliphatic carbocycles. The van der Waals surface area contributed by atoms with E-state index in [2.05, 4.69) is 21.8 Å². The monoisotopic (exact) mass is 347 g/mol. The minimum atomic E-state index is -1.52. The first-order valence-corrected chi connectivity index (χ1v) is 7.65. The van der Waals surface area contributed by atoms with Gasteiger partial charge in [-0.3, -0.25) is 0 Å². The standard InChI is InChI=1S/C16H14ClN3O4/c1-8-2-3-20(8)14-12-7-18-13(17)5-10(12)9(6-19-14)4-11(15(21)22)16(23)24/h4-8H,2-3H2,1H3,(H,21,22)(H,23,24). The molecule has 2 aromatic rings. The molecule has 2 aromatic heterocycles. The third kappa shape index (κ3) is 2.78. The van der Waals surface area contributed by atoms with Gasteiger partial charge in [0, 0.05) is 35.9 Å². The number of hydrogen-bond acceptors (Lipinski definition) is 5. The molecule has 8 heteroatoms. The third-order valence-corrected chi connectivity index (χ3v) is 4.31. The van der Waals surface area contributed by atoms with E-state index in [9.17, 15) is 9.59 Å². The van der Waals surface area contributed by atoms with Gasteiger partial charge >= 0.3 is 11.9 Å².